The van der Waals surface area contributed by atoms with Crippen LogP contribution in [-0.4, -0.2) is 37.9 Å². The first-order valence-electron chi connectivity index (χ1n) is 7.06. The molecule has 7 heteroatoms. The van der Waals surface area contributed by atoms with E-state index >= 15 is 0 Å². The Morgan fingerprint density at radius 1 is 1.26 bits per heavy atom. The smallest absolute Gasteiger partial charge is 0.408 e. The molecule has 0 bridgehead atoms. The maximum Gasteiger partial charge on any atom is 0.408 e. The summed E-state index contributed by atoms with van der Waals surface area (Å²) in [4.78, 5) is 23.7. The van der Waals surface area contributed by atoms with Gasteiger partial charge in [-0.3, -0.25) is 0 Å². The minimum absolute atomic E-state index is 0.00680. The molecule has 0 radical (unpaired) electrons. The number of amides is 1. The molecule has 0 aliphatic heterocycles. The molecule has 0 aromatic heterocycles. The first-order valence-corrected chi connectivity index (χ1v) is 7.06. The molecule has 1 aromatic rings. The molecule has 1 unspecified atom stereocenters. The average molecular weight is 327 g/mol. The average Bonchev–Trinajstić information content (AvgIpc) is 2.44. The monoisotopic (exact) mass is 327 g/mol. The van der Waals surface area contributed by atoms with Crippen molar-refractivity contribution in [1.29, 1.82) is 0 Å². The lowest BCUT2D eigenvalue weighted by Gasteiger charge is -2.23. The SMILES string of the molecule is COC(=O)C(Cc1cc(F)ccc1OC)NC(=O)OC(C)(C)C. The fourth-order valence-corrected chi connectivity index (χ4v) is 1.91. The molecule has 1 aromatic carbocycles. The Balaban J connectivity index is 2.94. The molecular weight excluding hydrogens is 305 g/mol. The number of benzene rings is 1. The van der Waals surface area contributed by atoms with Gasteiger partial charge >= 0.3 is 12.1 Å². The number of ether oxygens (including phenoxy) is 3. The minimum atomic E-state index is -1.02. The maximum atomic E-state index is 13.4. The highest BCUT2D eigenvalue weighted by Gasteiger charge is 2.26. The lowest BCUT2D eigenvalue weighted by molar-refractivity contribution is -0.143. The molecule has 6 nitrogen and oxygen atoms in total. The van der Waals surface area contributed by atoms with Crippen molar-refractivity contribution in [3.05, 3.63) is 29.6 Å². The number of esters is 1. The lowest BCUT2D eigenvalue weighted by atomic mass is 10.0. The molecule has 0 aliphatic rings. The summed E-state index contributed by atoms with van der Waals surface area (Å²) in [7, 11) is 2.64. The Morgan fingerprint density at radius 3 is 2.43 bits per heavy atom. The first-order chi connectivity index (χ1) is 10.7. The van der Waals surface area contributed by atoms with Gasteiger partial charge in [0.1, 0.15) is 23.2 Å². The summed E-state index contributed by atoms with van der Waals surface area (Å²) < 4.78 is 28.3. The van der Waals surface area contributed by atoms with Crippen LogP contribution in [0.3, 0.4) is 0 Å². The third-order valence-electron chi connectivity index (χ3n) is 2.84. The van der Waals surface area contributed by atoms with Crippen LogP contribution in [0.5, 0.6) is 5.75 Å². The fourth-order valence-electron chi connectivity index (χ4n) is 1.91. The Labute approximate surface area is 134 Å². The van der Waals surface area contributed by atoms with E-state index in [1.807, 2.05) is 0 Å². The quantitative estimate of drug-likeness (QED) is 0.841. The molecule has 0 saturated heterocycles. The summed E-state index contributed by atoms with van der Waals surface area (Å²) in [5.41, 5.74) is -0.277. The van der Waals surface area contributed by atoms with Crippen LogP contribution < -0.4 is 10.1 Å². The molecule has 1 atom stereocenters. The third-order valence-corrected chi connectivity index (χ3v) is 2.84. The number of halogens is 1. The van der Waals surface area contributed by atoms with Gasteiger partial charge in [-0.15, -0.1) is 0 Å². The second kappa shape index (κ2) is 7.80. The molecule has 23 heavy (non-hydrogen) atoms. The molecule has 0 aliphatic carbocycles. The summed E-state index contributed by atoms with van der Waals surface area (Å²) in [5, 5.41) is 2.43. The van der Waals surface area contributed by atoms with E-state index < -0.39 is 29.5 Å². The number of nitrogens with one attached hydrogen (secondary N) is 1. The van der Waals surface area contributed by atoms with Crippen molar-refractivity contribution in [3.63, 3.8) is 0 Å². The fraction of sp³-hybridized carbons (Fsp3) is 0.500. The zero-order valence-electron chi connectivity index (χ0n) is 13.9. The van der Waals surface area contributed by atoms with Crippen molar-refractivity contribution in [2.75, 3.05) is 14.2 Å². The molecule has 128 valence electrons. The first kappa shape index (κ1) is 18.7. The molecule has 1 rings (SSSR count). The summed E-state index contributed by atoms with van der Waals surface area (Å²) in [6, 6.07) is 2.92. The van der Waals surface area contributed by atoms with E-state index in [-0.39, 0.29) is 6.42 Å². The second-order valence-corrected chi connectivity index (χ2v) is 5.88. The van der Waals surface area contributed by atoms with Crippen molar-refractivity contribution >= 4 is 12.1 Å². The van der Waals surface area contributed by atoms with Crippen LogP contribution in [0.4, 0.5) is 9.18 Å². The van der Waals surface area contributed by atoms with Crippen LogP contribution in [0, 0.1) is 5.82 Å². The molecule has 1 amide bonds. The van der Waals surface area contributed by atoms with Crippen molar-refractivity contribution in [3.8, 4) is 5.75 Å². The molecule has 0 fully saturated rings. The van der Waals surface area contributed by atoms with Gasteiger partial charge in [0.25, 0.3) is 0 Å². The summed E-state index contributed by atoms with van der Waals surface area (Å²) in [6.45, 7) is 5.11. The predicted molar refractivity (Wildman–Crippen MR) is 81.8 cm³/mol. The normalized spacial score (nSPS) is 12.3. The van der Waals surface area contributed by atoms with Crippen LogP contribution in [0.1, 0.15) is 26.3 Å². The highest BCUT2D eigenvalue weighted by Crippen LogP contribution is 2.21. The third kappa shape index (κ3) is 6.14. The van der Waals surface area contributed by atoms with E-state index in [9.17, 15) is 14.0 Å². The summed E-state index contributed by atoms with van der Waals surface area (Å²) >= 11 is 0. The van der Waals surface area contributed by atoms with Crippen LogP contribution in [0.15, 0.2) is 18.2 Å². The molecular formula is C16H22FNO5. The van der Waals surface area contributed by atoms with E-state index in [4.69, 9.17) is 9.47 Å². The van der Waals surface area contributed by atoms with E-state index in [1.165, 1.54) is 32.4 Å². The molecule has 0 saturated carbocycles. The van der Waals surface area contributed by atoms with E-state index in [0.29, 0.717) is 11.3 Å². The van der Waals surface area contributed by atoms with Crippen molar-refractivity contribution < 1.29 is 28.2 Å². The Kier molecular flexibility index (Phi) is 6.36. The van der Waals surface area contributed by atoms with Gasteiger partial charge in [0.2, 0.25) is 0 Å². The van der Waals surface area contributed by atoms with Gasteiger partial charge in [-0.1, -0.05) is 0 Å². The molecule has 1 N–H and O–H groups in total. The largest absolute Gasteiger partial charge is 0.496 e. The van der Waals surface area contributed by atoms with Crippen LogP contribution in [0.2, 0.25) is 0 Å². The van der Waals surface area contributed by atoms with Gasteiger partial charge in [0, 0.05) is 6.42 Å². The van der Waals surface area contributed by atoms with Crippen LogP contribution in [-0.2, 0) is 20.7 Å². The topological polar surface area (TPSA) is 73.9 Å². The van der Waals surface area contributed by atoms with Crippen molar-refractivity contribution in [1.82, 2.24) is 5.32 Å². The highest BCUT2D eigenvalue weighted by molar-refractivity contribution is 5.81. The van der Waals surface area contributed by atoms with Gasteiger partial charge < -0.3 is 19.5 Å². The Bertz CT molecular complexity index is 568. The molecule has 0 spiro atoms. The minimum Gasteiger partial charge on any atom is -0.496 e. The number of carbonyl (C=O) groups is 2. The number of methoxy groups -OCH3 is 2. The Morgan fingerprint density at radius 2 is 1.91 bits per heavy atom. The number of rotatable bonds is 5. The molecule has 0 heterocycles. The summed E-state index contributed by atoms with van der Waals surface area (Å²) in [5.74, 6) is -0.727. The van der Waals surface area contributed by atoms with Crippen LogP contribution >= 0.6 is 0 Å². The van der Waals surface area contributed by atoms with Gasteiger partial charge in [0.05, 0.1) is 14.2 Å². The zero-order chi connectivity index (χ0) is 17.6. The van der Waals surface area contributed by atoms with Gasteiger partial charge in [-0.2, -0.15) is 0 Å². The predicted octanol–water partition coefficient (Wildman–Crippen LogP) is 2.44. The van der Waals surface area contributed by atoms with Gasteiger partial charge in [-0.05, 0) is 44.5 Å². The Hall–Kier alpha value is -2.31. The number of carbonyl (C=O) groups excluding carboxylic acids is 2. The van der Waals surface area contributed by atoms with E-state index in [2.05, 4.69) is 10.1 Å². The second-order valence-electron chi connectivity index (χ2n) is 5.88. The van der Waals surface area contributed by atoms with E-state index in [0.717, 1.165) is 0 Å². The maximum absolute atomic E-state index is 13.4. The zero-order valence-corrected chi connectivity index (χ0v) is 13.9. The number of hydrogen-bond donors (Lipinski definition) is 1. The highest BCUT2D eigenvalue weighted by atomic mass is 19.1. The number of hydrogen-bond acceptors (Lipinski definition) is 5. The van der Waals surface area contributed by atoms with E-state index in [1.54, 1.807) is 20.8 Å². The van der Waals surface area contributed by atoms with Gasteiger partial charge in [0.15, 0.2) is 0 Å². The van der Waals surface area contributed by atoms with Crippen molar-refractivity contribution in [2.45, 2.75) is 38.8 Å². The standard InChI is InChI=1S/C16H22FNO5/c1-16(2,3)23-15(20)18-12(14(19)22-5)9-10-8-11(17)6-7-13(10)21-4/h6-8,12H,9H2,1-5H3,(H,18,20). The van der Waals surface area contributed by atoms with Gasteiger partial charge in [-0.25, -0.2) is 14.0 Å². The number of alkyl carbamates (subject to hydrolysis) is 1. The van der Waals surface area contributed by atoms with Crippen LogP contribution in [0.25, 0.3) is 0 Å². The lowest BCUT2D eigenvalue weighted by Crippen LogP contribution is -2.45. The van der Waals surface area contributed by atoms with Crippen molar-refractivity contribution in [2.24, 2.45) is 0 Å². The summed E-state index contributed by atoms with van der Waals surface area (Å²) in [6.07, 6.45) is -0.754.